The summed E-state index contributed by atoms with van der Waals surface area (Å²) in [5.74, 6) is 0. The van der Waals surface area contributed by atoms with E-state index in [0.29, 0.717) is 0 Å². The number of hydrogen-bond acceptors (Lipinski definition) is 2. The zero-order valence-electron chi connectivity index (χ0n) is 10.6. The van der Waals surface area contributed by atoms with Gasteiger partial charge in [0.05, 0.1) is 0 Å². The first kappa shape index (κ1) is 12.6. The highest BCUT2D eigenvalue weighted by atomic mass is 15.1. The number of nitrogens with zero attached hydrogens (tertiary/aromatic N) is 1. The molecule has 1 aliphatic rings. The molecule has 17 heavy (non-hydrogen) atoms. The summed E-state index contributed by atoms with van der Waals surface area (Å²) in [6.45, 7) is 3.53. The minimum atomic E-state index is 0.274. The summed E-state index contributed by atoms with van der Waals surface area (Å²) >= 11 is 0. The van der Waals surface area contributed by atoms with E-state index >= 15 is 0 Å². The van der Waals surface area contributed by atoms with Crippen LogP contribution in [0.25, 0.3) is 0 Å². The van der Waals surface area contributed by atoms with Gasteiger partial charge in [-0.1, -0.05) is 43.2 Å². The molecule has 2 heteroatoms. The van der Waals surface area contributed by atoms with E-state index in [0.717, 1.165) is 13.0 Å². The smallest absolute Gasteiger partial charge is 0.0208 e. The van der Waals surface area contributed by atoms with Gasteiger partial charge in [0.15, 0.2) is 0 Å². The van der Waals surface area contributed by atoms with E-state index in [4.69, 9.17) is 5.73 Å². The Balaban J connectivity index is 1.78. The molecule has 2 rings (SSSR count). The van der Waals surface area contributed by atoms with Crippen molar-refractivity contribution in [2.75, 3.05) is 19.6 Å². The first-order valence-electron chi connectivity index (χ1n) is 6.86. The molecular weight excluding hydrogens is 208 g/mol. The number of nitrogens with two attached hydrogens (primary N) is 1. The lowest BCUT2D eigenvalue weighted by Crippen LogP contribution is -2.39. The van der Waals surface area contributed by atoms with Crippen LogP contribution in [0.4, 0.5) is 0 Å². The van der Waals surface area contributed by atoms with Crippen molar-refractivity contribution < 1.29 is 0 Å². The quantitative estimate of drug-likeness (QED) is 0.864. The van der Waals surface area contributed by atoms with E-state index in [1.165, 1.54) is 44.3 Å². The van der Waals surface area contributed by atoms with Gasteiger partial charge < -0.3 is 10.6 Å². The maximum atomic E-state index is 6.25. The van der Waals surface area contributed by atoms with Crippen molar-refractivity contribution in [2.45, 2.75) is 38.1 Å². The predicted octanol–water partition coefficient (Wildman–Crippen LogP) is 2.43. The van der Waals surface area contributed by atoms with Crippen molar-refractivity contribution in [3.05, 3.63) is 35.9 Å². The lowest BCUT2D eigenvalue weighted by atomic mass is 10.1. The van der Waals surface area contributed by atoms with E-state index < -0.39 is 0 Å². The molecule has 1 aromatic rings. The largest absolute Gasteiger partial charge is 0.326 e. The predicted molar refractivity (Wildman–Crippen MR) is 73.0 cm³/mol. The molecule has 0 bridgehead atoms. The lowest BCUT2D eigenvalue weighted by Gasteiger charge is -2.23. The van der Waals surface area contributed by atoms with Gasteiger partial charge in [-0.3, -0.25) is 0 Å². The molecule has 94 valence electrons. The van der Waals surface area contributed by atoms with E-state index in [9.17, 15) is 0 Å². The summed E-state index contributed by atoms with van der Waals surface area (Å²) in [7, 11) is 0. The highest BCUT2D eigenvalue weighted by molar-refractivity contribution is 5.15. The van der Waals surface area contributed by atoms with Crippen molar-refractivity contribution >= 4 is 0 Å². The Kier molecular flexibility index (Phi) is 5.02. The summed E-state index contributed by atoms with van der Waals surface area (Å²) in [6, 6.07) is 10.9. The number of benzene rings is 1. The van der Waals surface area contributed by atoms with Gasteiger partial charge in [0.25, 0.3) is 0 Å². The third-order valence-corrected chi connectivity index (χ3v) is 3.53. The monoisotopic (exact) mass is 232 g/mol. The fourth-order valence-corrected chi connectivity index (χ4v) is 2.63. The Morgan fingerprint density at radius 2 is 1.65 bits per heavy atom. The first-order chi connectivity index (χ1) is 8.34. The molecule has 0 aliphatic carbocycles. The second-order valence-corrected chi connectivity index (χ2v) is 5.16. The van der Waals surface area contributed by atoms with Crippen molar-refractivity contribution in [3.8, 4) is 0 Å². The Labute approximate surface area is 105 Å². The fraction of sp³-hybridized carbons (Fsp3) is 0.600. The van der Waals surface area contributed by atoms with Crippen LogP contribution in [-0.4, -0.2) is 30.6 Å². The van der Waals surface area contributed by atoms with Crippen molar-refractivity contribution in [1.82, 2.24) is 4.90 Å². The van der Waals surface area contributed by atoms with Crippen LogP contribution in [0.5, 0.6) is 0 Å². The van der Waals surface area contributed by atoms with Crippen LogP contribution < -0.4 is 5.73 Å². The zero-order valence-corrected chi connectivity index (χ0v) is 10.6. The topological polar surface area (TPSA) is 29.3 Å². The van der Waals surface area contributed by atoms with Crippen LogP contribution in [-0.2, 0) is 6.42 Å². The van der Waals surface area contributed by atoms with Crippen molar-refractivity contribution in [2.24, 2.45) is 5.73 Å². The first-order valence-corrected chi connectivity index (χ1v) is 6.86. The van der Waals surface area contributed by atoms with Gasteiger partial charge in [-0.2, -0.15) is 0 Å². The Morgan fingerprint density at radius 3 is 2.29 bits per heavy atom. The van der Waals surface area contributed by atoms with Crippen molar-refractivity contribution in [1.29, 1.82) is 0 Å². The fourth-order valence-electron chi connectivity index (χ4n) is 2.63. The molecule has 0 saturated carbocycles. The maximum absolute atomic E-state index is 6.25. The average Bonchev–Trinajstić information content (AvgIpc) is 2.59. The summed E-state index contributed by atoms with van der Waals surface area (Å²) in [4.78, 5) is 2.54. The van der Waals surface area contributed by atoms with Crippen molar-refractivity contribution in [3.63, 3.8) is 0 Å². The van der Waals surface area contributed by atoms with E-state index in [1.54, 1.807) is 0 Å². The maximum Gasteiger partial charge on any atom is 0.0208 e. The van der Waals surface area contributed by atoms with Gasteiger partial charge in [0.2, 0.25) is 0 Å². The summed E-state index contributed by atoms with van der Waals surface area (Å²) < 4.78 is 0. The zero-order chi connectivity index (χ0) is 11.9. The molecule has 1 fully saturated rings. The van der Waals surface area contributed by atoms with E-state index in [2.05, 4.69) is 35.2 Å². The average molecular weight is 232 g/mol. The van der Waals surface area contributed by atoms with Gasteiger partial charge in [0, 0.05) is 12.6 Å². The standard InChI is InChI=1S/C15H24N2/c16-15(12-14-8-4-3-5-9-14)13-17-10-6-1-2-7-11-17/h3-5,8-9,15H,1-2,6-7,10-13,16H2/t15-/m0/s1. The molecule has 2 nitrogen and oxygen atoms in total. The SMILES string of the molecule is N[C@@H](Cc1ccccc1)CN1CCCCCC1. The molecule has 0 spiro atoms. The molecule has 1 aliphatic heterocycles. The Bertz CT molecular complexity index is 302. The molecule has 0 aromatic heterocycles. The minimum absolute atomic E-state index is 0.274. The Morgan fingerprint density at radius 1 is 1.00 bits per heavy atom. The van der Waals surface area contributed by atoms with Gasteiger partial charge >= 0.3 is 0 Å². The van der Waals surface area contributed by atoms with Crippen LogP contribution >= 0.6 is 0 Å². The third-order valence-electron chi connectivity index (χ3n) is 3.53. The normalized spacial score (nSPS) is 19.8. The van der Waals surface area contributed by atoms with Gasteiger partial charge in [-0.15, -0.1) is 0 Å². The molecule has 0 amide bonds. The third kappa shape index (κ3) is 4.49. The molecule has 2 N–H and O–H groups in total. The molecule has 1 saturated heterocycles. The summed E-state index contributed by atoms with van der Waals surface area (Å²) in [6.07, 6.45) is 6.47. The van der Waals surface area contributed by atoms with Gasteiger partial charge in [0.1, 0.15) is 0 Å². The molecule has 1 heterocycles. The minimum Gasteiger partial charge on any atom is -0.326 e. The second-order valence-electron chi connectivity index (χ2n) is 5.16. The molecule has 0 radical (unpaired) electrons. The van der Waals surface area contributed by atoms with Gasteiger partial charge in [-0.25, -0.2) is 0 Å². The van der Waals surface area contributed by atoms with Gasteiger partial charge in [-0.05, 0) is 37.9 Å². The van der Waals surface area contributed by atoms with E-state index in [-0.39, 0.29) is 6.04 Å². The highest BCUT2D eigenvalue weighted by Crippen LogP contribution is 2.10. The Hall–Kier alpha value is -0.860. The van der Waals surface area contributed by atoms with Crippen LogP contribution in [0, 0.1) is 0 Å². The summed E-state index contributed by atoms with van der Waals surface area (Å²) in [5, 5.41) is 0. The second kappa shape index (κ2) is 6.77. The van der Waals surface area contributed by atoms with Crippen LogP contribution in [0.15, 0.2) is 30.3 Å². The number of rotatable bonds is 4. The number of likely N-dealkylation sites (tertiary alicyclic amines) is 1. The summed E-state index contributed by atoms with van der Waals surface area (Å²) in [5.41, 5.74) is 7.60. The van der Waals surface area contributed by atoms with E-state index in [1.807, 2.05) is 0 Å². The van der Waals surface area contributed by atoms with Crippen LogP contribution in [0.1, 0.15) is 31.2 Å². The molecule has 0 unspecified atom stereocenters. The molecule has 1 aromatic carbocycles. The van der Waals surface area contributed by atoms with Crippen LogP contribution in [0.3, 0.4) is 0 Å². The molecule has 1 atom stereocenters. The molecular formula is C15H24N2. The highest BCUT2D eigenvalue weighted by Gasteiger charge is 2.12. The lowest BCUT2D eigenvalue weighted by molar-refractivity contribution is 0.266. The number of hydrogen-bond donors (Lipinski definition) is 1. The van der Waals surface area contributed by atoms with Crippen LogP contribution in [0.2, 0.25) is 0 Å².